The van der Waals surface area contributed by atoms with Gasteiger partial charge in [0.1, 0.15) is 0 Å². The van der Waals surface area contributed by atoms with Crippen molar-refractivity contribution in [2.24, 2.45) is 0 Å². The number of nitrogens with one attached hydrogen (secondary N) is 1. The van der Waals surface area contributed by atoms with Gasteiger partial charge >= 0.3 is 12.1 Å². The maximum atomic E-state index is 13.4. The molecule has 0 saturated carbocycles. The first-order valence-electron chi connectivity index (χ1n) is 9.00. The Kier molecular flexibility index (Phi) is 4.91. The number of ether oxygens (including phenoxy) is 1. The Morgan fingerprint density at radius 1 is 1.10 bits per heavy atom. The molecule has 0 bridgehead atoms. The van der Waals surface area contributed by atoms with Crippen LogP contribution in [0.25, 0.3) is 0 Å². The third-order valence-corrected chi connectivity index (χ3v) is 5.75. The SMILES string of the molecule is CCOC(=O)N1C(=O)N(Cc2ccc(Cl)c(Cl)c2)[C@]2(C(=O)Nc3ccccc32)C1=O. The number of anilines is 1. The van der Waals surface area contributed by atoms with Crippen LogP contribution >= 0.6 is 23.2 Å². The predicted octanol–water partition coefficient (Wildman–Crippen LogP) is 3.76. The molecule has 2 aromatic rings. The molecule has 2 aromatic carbocycles. The van der Waals surface area contributed by atoms with Crippen LogP contribution in [0.5, 0.6) is 0 Å². The van der Waals surface area contributed by atoms with Gasteiger partial charge in [0.25, 0.3) is 11.8 Å². The van der Waals surface area contributed by atoms with Gasteiger partial charge in [0.05, 0.1) is 16.7 Å². The van der Waals surface area contributed by atoms with Crippen molar-refractivity contribution in [2.75, 3.05) is 11.9 Å². The fourth-order valence-corrected chi connectivity index (χ4v) is 4.03. The van der Waals surface area contributed by atoms with E-state index in [4.69, 9.17) is 27.9 Å². The van der Waals surface area contributed by atoms with E-state index in [2.05, 4.69) is 5.32 Å². The molecule has 4 rings (SSSR count). The van der Waals surface area contributed by atoms with Crippen LogP contribution in [-0.4, -0.2) is 40.3 Å². The smallest absolute Gasteiger partial charge is 0.425 e. The van der Waals surface area contributed by atoms with Crippen molar-refractivity contribution in [3.8, 4) is 0 Å². The predicted molar refractivity (Wildman–Crippen MR) is 108 cm³/mol. The normalized spacial score (nSPS) is 20.0. The van der Waals surface area contributed by atoms with Gasteiger partial charge in [0.15, 0.2) is 0 Å². The van der Waals surface area contributed by atoms with E-state index < -0.39 is 29.5 Å². The summed E-state index contributed by atoms with van der Waals surface area (Å²) in [4.78, 5) is 53.5. The number of imide groups is 3. The first kappa shape index (κ1) is 20.2. The molecule has 1 fully saturated rings. The second-order valence-electron chi connectivity index (χ2n) is 6.67. The molecule has 30 heavy (non-hydrogen) atoms. The number of rotatable bonds is 3. The van der Waals surface area contributed by atoms with Crippen LogP contribution in [0.15, 0.2) is 42.5 Å². The van der Waals surface area contributed by atoms with Gasteiger partial charge in [-0.2, -0.15) is 4.90 Å². The first-order valence-corrected chi connectivity index (χ1v) is 9.75. The number of fused-ring (bicyclic) bond motifs is 2. The monoisotopic (exact) mass is 447 g/mol. The van der Waals surface area contributed by atoms with E-state index in [1.807, 2.05) is 0 Å². The molecular weight excluding hydrogens is 433 g/mol. The van der Waals surface area contributed by atoms with Crippen molar-refractivity contribution >= 4 is 52.8 Å². The lowest BCUT2D eigenvalue weighted by atomic mass is 9.89. The van der Waals surface area contributed by atoms with E-state index in [9.17, 15) is 19.2 Å². The zero-order valence-electron chi connectivity index (χ0n) is 15.6. The van der Waals surface area contributed by atoms with Crippen molar-refractivity contribution in [1.82, 2.24) is 9.80 Å². The summed E-state index contributed by atoms with van der Waals surface area (Å²) in [6.45, 7) is 1.33. The number of carbonyl (C=O) groups excluding carboxylic acids is 4. The number of para-hydroxylation sites is 1. The molecule has 2 heterocycles. The summed E-state index contributed by atoms with van der Waals surface area (Å²) in [5.41, 5.74) is -0.853. The lowest BCUT2D eigenvalue weighted by Crippen LogP contribution is -2.51. The van der Waals surface area contributed by atoms with Crippen LogP contribution in [0.2, 0.25) is 10.0 Å². The molecule has 5 amide bonds. The van der Waals surface area contributed by atoms with Gasteiger partial charge in [-0.25, -0.2) is 9.59 Å². The quantitative estimate of drug-likeness (QED) is 0.570. The summed E-state index contributed by atoms with van der Waals surface area (Å²) in [7, 11) is 0. The Morgan fingerprint density at radius 3 is 2.53 bits per heavy atom. The van der Waals surface area contributed by atoms with Crippen LogP contribution < -0.4 is 5.32 Å². The Bertz CT molecular complexity index is 1110. The van der Waals surface area contributed by atoms with Crippen molar-refractivity contribution in [2.45, 2.75) is 19.0 Å². The zero-order valence-corrected chi connectivity index (χ0v) is 17.2. The summed E-state index contributed by atoms with van der Waals surface area (Å²) in [6.07, 6.45) is -1.14. The maximum absolute atomic E-state index is 13.4. The summed E-state index contributed by atoms with van der Waals surface area (Å²) in [5.74, 6) is -1.72. The standard InChI is InChI=1S/C20H15Cl2N3O5/c1-2-30-19(29)25-17(27)20(12-5-3-4-6-15(12)23-16(20)26)24(18(25)28)10-11-7-8-13(21)14(22)9-11/h3-9H,2,10H2,1H3,(H,23,26)/t20-/m1/s1. The first-order chi connectivity index (χ1) is 14.3. The Labute approximate surface area is 181 Å². The van der Waals surface area contributed by atoms with Crippen molar-refractivity contribution in [3.63, 3.8) is 0 Å². The highest BCUT2D eigenvalue weighted by molar-refractivity contribution is 6.42. The van der Waals surface area contributed by atoms with Gasteiger partial charge in [-0.1, -0.05) is 47.5 Å². The number of halogens is 2. The third-order valence-electron chi connectivity index (χ3n) is 5.01. The lowest BCUT2D eigenvalue weighted by molar-refractivity contribution is -0.140. The van der Waals surface area contributed by atoms with Crippen LogP contribution in [0, 0.1) is 0 Å². The summed E-state index contributed by atoms with van der Waals surface area (Å²) in [5, 5.41) is 3.19. The molecule has 0 radical (unpaired) electrons. The highest BCUT2D eigenvalue weighted by Gasteiger charge is 2.68. The Balaban J connectivity index is 1.87. The summed E-state index contributed by atoms with van der Waals surface area (Å²) < 4.78 is 4.87. The van der Waals surface area contributed by atoms with Crippen LogP contribution in [-0.2, 0) is 26.4 Å². The molecule has 8 nitrogen and oxygen atoms in total. The number of amides is 5. The van der Waals surface area contributed by atoms with Gasteiger partial charge in [-0.05, 0) is 30.7 Å². The molecule has 2 aliphatic heterocycles. The van der Waals surface area contributed by atoms with Crippen LogP contribution in [0.3, 0.4) is 0 Å². The van der Waals surface area contributed by atoms with Gasteiger partial charge in [0, 0.05) is 17.8 Å². The molecule has 1 N–H and O–H groups in total. The van der Waals surface area contributed by atoms with E-state index in [0.717, 1.165) is 4.90 Å². The Morgan fingerprint density at radius 2 is 1.83 bits per heavy atom. The van der Waals surface area contributed by atoms with E-state index in [1.54, 1.807) is 43.3 Å². The minimum atomic E-state index is -2.04. The largest absolute Gasteiger partial charge is 0.449 e. The minimum Gasteiger partial charge on any atom is -0.449 e. The molecule has 0 aliphatic carbocycles. The zero-order chi connectivity index (χ0) is 21.6. The van der Waals surface area contributed by atoms with Gasteiger partial charge < -0.3 is 10.1 Å². The van der Waals surface area contributed by atoms with E-state index in [-0.39, 0.29) is 23.7 Å². The average Bonchev–Trinajstić information content (AvgIpc) is 3.12. The third kappa shape index (κ3) is 2.75. The molecule has 1 atom stereocenters. The van der Waals surface area contributed by atoms with Gasteiger partial charge in [-0.3, -0.25) is 14.5 Å². The Hall–Kier alpha value is -3.10. The summed E-state index contributed by atoms with van der Waals surface area (Å²) >= 11 is 12.0. The van der Waals surface area contributed by atoms with E-state index >= 15 is 0 Å². The van der Waals surface area contributed by atoms with Crippen molar-refractivity contribution in [3.05, 3.63) is 63.6 Å². The van der Waals surface area contributed by atoms with Crippen molar-refractivity contribution in [1.29, 1.82) is 0 Å². The molecule has 10 heteroatoms. The fourth-order valence-electron chi connectivity index (χ4n) is 3.71. The van der Waals surface area contributed by atoms with Crippen LogP contribution in [0.4, 0.5) is 15.3 Å². The molecule has 1 spiro atoms. The maximum Gasteiger partial charge on any atom is 0.425 e. The second-order valence-corrected chi connectivity index (χ2v) is 7.48. The van der Waals surface area contributed by atoms with Gasteiger partial charge in [-0.15, -0.1) is 0 Å². The lowest BCUT2D eigenvalue weighted by Gasteiger charge is -2.29. The topological polar surface area (TPSA) is 96.0 Å². The van der Waals surface area contributed by atoms with E-state index in [0.29, 0.717) is 21.2 Å². The minimum absolute atomic E-state index is 0.0432. The summed E-state index contributed by atoms with van der Waals surface area (Å²) in [6, 6.07) is 10.2. The number of benzene rings is 2. The molecule has 154 valence electrons. The number of urea groups is 1. The number of hydrogen-bond donors (Lipinski definition) is 1. The van der Waals surface area contributed by atoms with Crippen molar-refractivity contribution < 1.29 is 23.9 Å². The van der Waals surface area contributed by atoms with E-state index in [1.165, 1.54) is 6.07 Å². The fraction of sp³-hybridized carbons (Fsp3) is 0.200. The number of carbonyl (C=O) groups is 4. The highest BCUT2D eigenvalue weighted by Crippen LogP contribution is 2.46. The molecule has 2 aliphatic rings. The van der Waals surface area contributed by atoms with Gasteiger partial charge in [0.2, 0.25) is 5.54 Å². The second kappa shape index (κ2) is 7.30. The molecular formula is C20H15Cl2N3O5. The average molecular weight is 448 g/mol. The molecule has 1 saturated heterocycles. The molecule has 0 aromatic heterocycles. The van der Waals surface area contributed by atoms with Crippen LogP contribution in [0.1, 0.15) is 18.1 Å². The number of hydrogen-bond acceptors (Lipinski definition) is 5. The highest BCUT2D eigenvalue weighted by atomic mass is 35.5. The number of nitrogens with zero attached hydrogens (tertiary/aromatic N) is 2. The molecule has 0 unspecified atom stereocenters.